The van der Waals surface area contributed by atoms with Crippen LogP contribution in [0.15, 0.2) is 48.5 Å². The molecule has 0 radical (unpaired) electrons. The summed E-state index contributed by atoms with van der Waals surface area (Å²) in [5.74, 6) is 0. The zero-order chi connectivity index (χ0) is 16.0. The first-order chi connectivity index (χ1) is 11.1. The largest absolute Gasteiger partial charge is 0.398 e. The molecule has 0 amide bonds. The second-order valence-electron chi connectivity index (χ2n) is 6.06. The molecule has 3 N–H and O–H groups in total. The predicted molar refractivity (Wildman–Crippen MR) is 96.7 cm³/mol. The number of aromatic nitrogens is 2. The fourth-order valence-electron chi connectivity index (χ4n) is 3.37. The maximum Gasteiger partial charge on any atom is 0.0726 e. The Morgan fingerprint density at radius 1 is 0.913 bits per heavy atom. The molecule has 4 rings (SSSR count). The van der Waals surface area contributed by atoms with Gasteiger partial charge >= 0.3 is 0 Å². The number of anilines is 1. The minimum atomic E-state index is 0.797. The molecular weight excluding hydrogens is 282 g/mol. The number of hydrogen-bond acceptors (Lipinski definition) is 2. The summed E-state index contributed by atoms with van der Waals surface area (Å²) < 4.78 is 0. The van der Waals surface area contributed by atoms with E-state index in [2.05, 4.69) is 36.2 Å². The van der Waals surface area contributed by atoms with Gasteiger partial charge in [-0.15, -0.1) is 0 Å². The Morgan fingerprint density at radius 2 is 1.61 bits per heavy atom. The van der Waals surface area contributed by atoms with Gasteiger partial charge in [0.05, 0.1) is 5.52 Å². The van der Waals surface area contributed by atoms with Crippen LogP contribution in [-0.2, 0) is 6.42 Å². The van der Waals surface area contributed by atoms with Crippen LogP contribution in [0.25, 0.3) is 21.8 Å². The van der Waals surface area contributed by atoms with Gasteiger partial charge in [-0.2, -0.15) is 0 Å². The third kappa shape index (κ3) is 2.16. The highest BCUT2D eigenvalue weighted by atomic mass is 14.7. The van der Waals surface area contributed by atoms with E-state index >= 15 is 0 Å². The minimum absolute atomic E-state index is 0.797. The van der Waals surface area contributed by atoms with E-state index in [9.17, 15) is 0 Å². The smallest absolute Gasteiger partial charge is 0.0726 e. The van der Waals surface area contributed by atoms with Gasteiger partial charge in [-0.25, -0.2) is 0 Å². The number of aryl methyl sites for hydroxylation is 2. The van der Waals surface area contributed by atoms with Crippen molar-refractivity contribution in [2.24, 2.45) is 0 Å². The first kappa shape index (κ1) is 13.8. The van der Waals surface area contributed by atoms with E-state index in [1.807, 2.05) is 31.2 Å². The molecule has 2 aromatic carbocycles. The zero-order valence-corrected chi connectivity index (χ0v) is 13.4. The lowest BCUT2D eigenvalue weighted by Gasteiger charge is -2.12. The van der Waals surface area contributed by atoms with Crippen molar-refractivity contribution >= 4 is 27.5 Å². The molecule has 2 heterocycles. The number of H-pyrrole nitrogens is 1. The summed E-state index contributed by atoms with van der Waals surface area (Å²) in [6.45, 7) is 4.16. The number of rotatable bonds is 2. The summed E-state index contributed by atoms with van der Waals surface area (Å²) in [4.78, 5) is 8.20. The van der Waals surface area contributed by atoms with Gasteiger partial charge < -0.3 is 10.7 Å². The quantitative estimate of drug-likeness (QED) is 0.572. The Morgan fingerprint density at radius 3 is 2.43 bits per heavy atom. The lowest BCUT2D eigenvalue weighted by molar-refractivity contribution is 1.09. The third-order valence-electron chi connectivity index (χ3n) is 4.62. The highest BCUT2D eigenvalue weighted by Crippen LogP contribution is 2.31. The number of para-hydroxylation sites is 2. The number of aromatic amines is 1. The predicted octanol–water partition coefficient (Wildman–Crippen LogP) is 4.51. The van der Waals surface area contributed by atoms with E-state index in [4.69, 9.17) is 10.7 Å². The first-order valence-electron chi connectivity index (χ1n) is 7.85. The number of nitrogens with one attached hydrogen (secondary N) is 1. The minimum Gasteiger partial charge on any atom is -0.398 e. The van der Waals surface area contributed by atoms with Crippen LogP contribution in [0.5, 0.6) is 0 Å². The molecule has 114 valence electrons. The molecule has 0 atom stereocenters. The van der Waals surface area contributed by atoms with Crippen molar-refractivity contribution in [1.29, 1.82) is 0 Å². The summed E-state index contributed by atoms with van der Waals surface area (Å²) in [6.07, 6.45) is 0.797. The fourth-order valence-corrected chi connectivity index (χ4v) is 3.37. The molecule has 0 saturated heterocycles. The van der Waals surface area contributed by atoms with Crippen LogP contribution in [0.4, 0.5) is 5.69 Å². The summed E-state index contributed by atoms with van der Waals surface area (Å²) in [6, 6.07) is 16.5. The molecule has 0 fully saturated rings. The second kappa shape index (κ2) is 5.13. The number of nitrogens with two attached hydrogens (primary N) is 1. The molecule has 3 nitrogen and oxygen atoms in total. The summed E-state index contributed by atoms with van der Waals surface area (Å²) >= 11 is 0. The molecule has 0 saturated carbocycles. The molecular formula is C20H19N3. The van der Waals surface area contributed by atoms with Crippen molar-refractivity contribution in [3.05, 3.63) is 71.0 Å². The summed E-state index contributed by atoms with van der Waals surface area (Å²) in [7, 11) is 0. The Labute approximate surface area is 135 Å². The fraction of sp³-hybridized carbons (Fsp3) is 0.150. The van der Waals surface area contributed by atoms with Gasteiger partial charge in [0.25, 0.3) is 0 Å². The lowest BCUT2D eigenvalue weighted by atomic mass is 9.97. The molecule has 0 bridgehead atoms. The highest BCUT2D eigenvalue weighted by Gasteiger charge is 2.14. The molecule has 0 spiro atoms. The second-order valence-corrected chi connectivity index (χ2v) is 6.06. The average Bonchev–Trinajstić information content (AvgIpc) is 2.87. The van der Waals surface area contributed by atoms with E-state index in [1.165, 1.54) is 22.2 Å². The van der Waals surface area contributed by atoms with Crippen molar-refractivity contribution in [3.63, 3.8) is 0 Å². The molecule has 0 aliphatic heterocycles. The molecule has 0 aliphatic rings. The Bertz CT molecular complexity index is 1030. The van der Waals surface area contributed by atoms with Crippen molar-refractivity contribution < 1.29 is 0 Å². The Hall–Kier alpha value is -2.81. The number of fused-ring (bicyclic) bond motifs is 2. The molecule has 0 aliphatic carbocycles. The van der Waals surface area contributed by atoms with E-state index in [-0.39, 0.29) is 0 Å². The lowest BCUT2D eigenvalue weighted by Crippen LogP contribution is -2.03. The van der Waals surface area contributed by atoms with Crippen molar-refractivity contribution in [3.8, 4) is 0 Å². The number of nitrogens with zero attached hydrogens (tertiary/aromatic N) is 1. The number of nitrogen functional groups attached to an aromatic ring is 1. The molecule has 23 heavy (non-hydrogen) atoms. The third-order valence-corrected chi connectivity index (χ3v) is 4.62. The number of hydrogen-bond donors (Lipinski definition) is 2. The SMILES string of the molecule is Cc1nc2ccccc2c(N)c1Cc1c(C)[nH]c2ccccc12. The maximum absolute atomic E-state index is 6.48. The zero-order valence-electron chi connectivity index (χ0n) is 13.4. The van der Waals surface area contributed by atoms with Gasteiger partial charge in [-0.05, 0) is 31.5 Å². The van der Waals surface area contributed by atoms with Crippen LogP contribution >= 0.6 is 0 Å². The van der Waals surface area contributed by atoms with Gasteiger partial charge in [0.15, 0.2) is 0 Å². The summed E-state index contributed by atoms with van der Waals surface area (Å²) in [5, 5.41) is 2.29. The molecule has 2 aromatic heterocycles. The van der Waals surface area contributed by atoms with Crippen LogP contribution < -0.4 is 5.73 Å². The number of pyridine rings is 1. The highest BCUT2D eigenvalue weighted by molar-refractivity contribution is 5.93. The van der Waals surface area contributed by atoms with Gasteiger partial charge in [0, 0.05) is 45.3 Å². The monoisotopic (exact) mass is 301 g/mol. The normalized spacial score (nSPS) is 11.4. The molecule has 3 heteroatoms. The van der Waals surface area contributed by atoms with Crippen molar-refractivity contribution in [2.45, 2.75) is 20.3 Å². The van der Waals surface area contributed by atoms with Crippen LogP contribution in [0, 0.1) is 13.8 Å². The van der Waals surface area contributed by atoms with Crippen LogP contribution in [0.3, 0.4) is 0 Å². The average molecular weight is 301 g/mol. The molecule has 0 unspecified atom stereocenters. The van der Waals surface area contributed by atoms with Crippen molar-refractivity contribution in [1.82, 2.24) is 9.97 Å². The van der Waals surface area contributed by atoms with Crippen LogP contribution in [0.1, 0.15) is 22.5 Å². The van der Waals surface area contributed by atoms with Crippen LogP contribution in [0.2, 0.25) is 0 Å². The number of benzene rings is 2. The van der Waals surface area contributed by atoms with Gasteiger partial charge in [-0.1, -0.05) is 36.4 Å². The molecule has 4 aromatic rings. The van der Waals surface area contributed by atoms with Gasteiger partial charge in [0.2, 0.25) is 0 Å². The van der Waals surface area contributed by atoms with Gasteiger partial charge in [0.1, 0.15) is 0 Å². The summed E-state index contributed by atoms with van der Waals surface area (Å²) in [5.41, 5.74) is 14.1. The Balaban J connectivity index is 1.91. The first-order valence-corrected chi connectivity index (χ1v) is 7.85. The standard InChI is InChI=1S/C20H19N3/c1-12-16(14-7-3-5-9-18(14)22-12)11-17-13(2)23-19-10-6-4-8-15(19)20(17)21/h3-10,22H,11H2,1-2H3,(H2,21,23). The van der Waals surface area contributed by atoms with Crippen molar-refractivity contribution in [2.75, 3.05) is 5.73 Å². The van der Waals surface area contributed by atoms with Gasteiger partial charge in [-0.3, -0.25) is 4.98 Å². The Kier molecular flexibility index (Phi) is 3.08. The van der Waals surface area contributed by atoms with Crippen LogP contribution in [-0.4, -0.2) is 9.97 Å². The van der Waals surface area contributed by atoms with E-state index < -0.39 is 0 Å². The maximum atomic E-state index is 6.48. The van der Waals surface area contributed by atoms with E-state index in [1.54, 1.807) is 0 Å². The van der Waals surface area contributed by atoms with E-state index in [0.717, 1.165) is 34.3 Å². The van der Waals surface area contributed by atoms with E-state index in [0.29, 0.717) is 0 Å². The topological polar surface area (TPSA) is 54.7 Å².